The number of rotatable bonds is 4. The van der Waals surface area contributed by atoms with Crippen LogP contribution in [-0.4, -0.2) is 22.7 Å². The van der Waals surface area contributed by atoms with E-state index in [9.17, 15) is 9.90 Å². The van der Waals surface area contributed by atoms with Gasteiger partial charge in [0.2, 0.25) is 0 Å². The summed E-state index contributed by atoms with van der Waals surface area (Å²) in [6.45, 7) is 8.96. The molecule has 1 heterocycles. The van der Waals surface area contributed by atoms with Crippen molar-refractivity contribution in [1.82, 2.24) is 4.98 Å². The molecule has 1 N–H and O–H groups in total. The number of aliphatic carboxylic acids is 1. The van der Waals surface area contributed by atoms with Crippen LogP contribution in [0.5, 0.6) is 0 Å². The number of carboxylic acids is 1. The fourth-order valence-corrected chi connectivity index (χ4v) is 3.89. The summed E-state index contributed by atoms with van der Waals surface area (Å²) < 4.78 is 5.83. The van der Waals surface area contributed by atoms with Gasteiger partial charge in [0.15, 0.2) is 0 Å². The minimum atomic E-state index is -0.765. The van der Waals surface area contributed by atoms with E-state index >= 15 is 0 Å². The largest absolute Gasteiger partial charge is 0.481 e. The van der Waals surface area contributed by atoms with Crippen molar-refractivity contribution in [1.29, 1.82) is 0 Å². The molecule has 19 heavy (non-hydrogen) atoms. The molecule has 0 bridgehead atoms. The molecular formula is C14H21NO3S. The smallest absolute Gasteiger partial charge is 0.312 e. The van der Waals surface area contributed by atoms with Crippen molar-refractivity contribution in [2.24, 2.45) is 5.41 Å². The number of hydrogen-bond donors (Lipinski definition) is 1. The number of nitrogens with zero attached hydrogens (tertiary/aromatic N) is 1. The Morgan fingerprint density at radius 2 is 2.26 bits per heavy atom. The molecule has 1 aromatic heterocycles. The highest BCUT2D eigenvalue weighted by Crippen LogP contribution is 2.43. The Bertz CT molecular complexity index is 476. The highest BCUT2D eigenvalue weighted by Gasteiger charge is 2.36. The van der Waals surface area contributed by atoms with Crippen molar-refractivity contribution >= 4 is 17.3 Å². The summed E-state index contributed by atoms with van der Waals surface area (Å²) in [6.07, 6.45) is 1.44. The molecule has 0 radical (unpaired) electrons. The standard InChI is InChI=1S/C14H21NO3S/c1-5-18-11(14(2,3)4)12-15-10-8(13(16)17)6-7-9(10)19-12/h8,11H,5-7H2,1-4H3,(H,16,17). The lowest BCUT2D eigenvalue weighted by molar-refractivity contribution is -0.138. The first-order valence-corrected chi connectivity index (χ1v) is 7.50. The third kappa shape index (κ3) is 2.82. The van der Waals surface area contributed by atoms with Gasteiger partial charge in [-0.3, -0.25) is 4.79 Å². The number of thiazole rings is 1. The molecule has 0 saturated carbocycles. The van der Waals surface area contributed by atoms with E-state index < -0.39 is 11.9 Å². The Morgan fingerprint density at radius 3 is 2.79 bits per heavy atom. The summed E-state index contributed by atoms with van der Waals surface area (Å²) in [7, 11) is 0. The van der Waals surface area contributed by atoms with Crippen molar-refractivity contribution in [2.75, 3.05) is 6.61 Å². The molecule has 0 aliphatic heterocycles. The maximum atomic E-state index is 11.2. The van der Waals surface area contributed by atoms with Crippen LogP contribution in [-0.2, 0) is 16.0 Å². The highest BCUT2D eigenvalue weighted by molar-refractivity contribution is 7.11. The van der Waals surface area contributed by atoms with E-state index in [2.05, 4.69) is 25.8 Å². The van der Waals surface area contributed by atoms with E-state index in [1.54, 1.807) is 11.3 Å². The fraction of sp³-hybridized carbons (Fsp3) is 0.714. The zero-order valence-corrected chi connectivity index (χ0v) is 12.7. The van der Waals surface area contributed by atoms with Crippen LogP contribution in [0, 0.1) is 5.41 Å². The Hall–Kier alpha value is -0.940. The minimum Gasteiger partial charge on any atom is -0.481 e. The first-order valence-electron chi connectivity index (χ1n) is 6.68. The Kier molecular flexibility index (Phi) is 3.97. The number of hydrogen-bond acceptors (Lipinski definition) is 4. The molecule has 1 aliphatic carbocycles. The minimum absolute atomic E-state index is 0.0413. The SMILES string of the molecule is CCOC(c1nc2c(s1)CCC2C(=O)O)C(C)(C)C. The van der Waals surface area contributed by atoms with Crippen molar-refractivity contribution in [3.8, 4) is 0 Å². The van der Waals surface area contributed by atoms with Crippen LogP contribution in [0.1, 0.15) is 61.7 Å². The number of fused-ring (bicyclic) bond motifs is 1. The van der Waals surface area contributed by atoms with Crippen molar-refractivity contribution < 1.29 is 14.6 Å². The van der Waals surface area contributed by atoms with Crippen molar-refractivity contribution in [2.45, 2.75) is 52.6 Å². The zero-order valence-electron chi connectivity index (χ0n) is 11.9. The molecule has 1 aromatic rings. The van der Waals surface area contributed by atoms with E-state index in [4.69, 9.17) is 4.74 Å². The van der Waals surface area contributed by atoms with Crippen molar-refractivity contribution in [3.63, 3.8) is 0 Å². The van der Waals surface area contributed by atoms with E-state index in [-0.39, 0.29) is 11.5 Å². The van der Waals surface area contributed by atoms with Crippen LogP contribution >= 0.6 is 11.3 Å². The zero-order chi connectivity index (χ0) is 14.2. The predicted octanol–water partition coefficient (Wildman–Crippen LogP) is 3.38. The van der Waals surface area contributed by atoms with Crippen molar-refractivity contribution in [3.05, 3.63) is 15.6 Å². The molecular weight excluding hydrogens is 262 g/mol. The molecule has 2 unspecified atom stereocenters. The number of aryl methyl sites for hydroxylation is 1. The normalized spacial score (nSPS) is 20.3. The third-order valence-electron chi connectivity index (χ3n) is 3.38. The van der Waals surface area contributed by atoms with Gasteiger partial charge in [0.1, 0.15) is 17.0 Å². The van der Waals surface area contributed by atoms with Gasteiger partial charge in [-0.05, 0) is 25.2 Å². The Balaban J connectivity index is 2.32. The Morgan fingerprint density at radius 1 is 1.58 bits per heavy atom. The lowest BCUT2D eigenvalue weighted by Crippen LogP contribution is -2.21. The topological polar surface area (TPSA) is 59.4 Å². The molecule has 2 atom stereocenters. The monoisotopic (exact) mass is 283 g/mol. The van der Waals surface area contributed by atoms with Gasteiger partial charge in [-0.25, -0.2) is 4.98 Å². The second-order valence-electron chi connectivity index (χ2n) is 5.99. The predicted molar refractivity (Wildman–Crippen MR) is 74.6 cm³/mol. The van der Waals surface area contributed by atoms with Crippen LogP contribution in [0.15, 0.2) is 0 Å². The second kappa shape index (κ2) is 5.21. The Labute approximate surface area is 117 Å². The lowest BCUT2D eigenvalue weighted by atomic mass is 9.89. The molecule has 0 spiro atoms. The average molecular weight is 283 g/mol. The van der Waals surface area contributed by atoms with Crippen LogP contribution in [0.25, 0.3) is 0 Å². The second-order valence-corrected chi connectivity index (χ2v) is 7.11. The van der Waals surface area contributed by atoms with E-state index in [0.29, 0.717) is 13.0 Å². The first kappa shape index (κ1) is 14.5. The van der Waals surface area contributed by atoms with Gasteiger partial charge >= 0.3 is 5.97 Å². The first-order chi connectivity index (χ1) is 8.84. The quantitative estimate of drug-likeness (QED) is 0.920. The number of aromatic nitrogens is 1. The van der Waals surface area contributed by atoms with Gasteiger partial charge in [0, 0.05) is 11.5 Å². The van der Waals surface area contributed by atoms with Crippen LogP contribution < -0.4 is 0 Å². The van der Waals surface area contributed by atoms with E-state index in [0.717, 1.165) is 22.0 Å². The third-order valence-corrected chi connectivity index (χ3v) is 4.55. The molecule has 0 fully saturated rings. The molecule has 0 amide bonds. The summed E-state index contributed by atoms with van der Waals surface area (Å²) in [6, 6.07) is 0. The molecule has 0 saturated heterocycles. The summed E-state index contributed by atoms with van der Waals surface area (Å²) in [5.74, 6) is -1.19. The number of carbonyl (C=O) groups is 1. The lowest BCUT2D eigenvalue weighted by Gasteiger charge is -2.28. The van der Waals surface area contributed by atoms with E-state index in [1.807, 2.05) is 6.92 Å². The fourth-order valence-electron chi connectivity index (χ4n) is 2.46. The summed E-state index contributed by atoms with van der Waals surface area (Å²) >= 11 is 1.62. The average Bonchev–Trinajstić information content (AvgIpc) is 2.82. The maximum absolute atomic E-state index is 11.2. The van der Waals surface area contributed by atoms with E-state index in [1.165, 1.54) is 0 Å². The summed E-state index contributed by atoms with van der Waals surface area (Å²) in [5.41, 5.74) is 0.724. The van der Waals surface area contributed by atoms with Crippen LogP contribution in [0.3, 0.4) is 0 Å². The summed E-state index contributed by atoms with van der Waals surface area (Å²) in [5, 5.41) is 10.1. The molecule has 106 valence electrons. The molecule has 2 rings (SSSR count). The maximum Gasteiger partial charge on any atom is 0.312 e. The van der Waals surface area contributed by atoms with Gasteiger partial charge in [-0.1, -0.05) is 20.8 Å². The molecule has 1 aliphatic rings. The van der Waals surface area contributed by atoms with Crippen LogP contribution in [0.2, 0.25) is 0 Å². The molecule has 4 nitrogen and oxygen atoms in total. The number of ether oxygens (including phenoxy) is 1. The highest BCUT2D eigenvalue weighted by atomic mass is 32.1. The molecule has 0 aromatic carbocycles. The van der Waals surface area contributed by atoms with Crippen LogP contribution in [0.4, 0.5) is 0 Å². The number of carboxylic acid groups (broad SMARTS) is 1. The van der Waals surface area contributed by atoms with Gasteiger partial charge in [0.25, 0.3) is 0 Å². The van der Waals surface area contributed by atoms with Gasteiger partial charge in [-0.15, -0.1) is 11.3 Å². The van der Waals surface area contributed by atoms with Gasteiger partial charge in [0.05, 0.1) is 5.69 Å². The van der Waals surface area contributed by atoms with Gasteiger partial charge < -0.3 is 9.84 Å². The van der Waals surface area contributed by atoms with Gasteiger partial charge in [-0.2, -0.15) is 0 Å². The molecule has 5 heteroatoms. The summed E-state index contributed by atoms with van der Waals surface area (Å²) in [4.78, 5) is 16.9.